The van der Waals surface area contributed by atoms with Crippen LogP contribution in [-0.2, 0) is 4.79 Å². The number of Topliss-reactive ketones (excluding diaryl/α,β-unsaturated/α-hetero) is 1. The van der Waals surface area contributed by atoms with E-state index >= 15 is 0 Å². The summed E-state index contributed by atoms with van der Waals surface area (Å²) in [5.41, 5.74) is 9.63. The van der Waals surface area contributed by atoms with Crippen molar-refractivity contribution < 1.29 is 19.4 Å². The van der Waals surface area contributed by atoms with Gasteiger partial charge >= 0.3 is 0 Å². The lowest BCUT2D eigenvalue weighted by molar-refractivity contribution is -0.116. The van der Waals surface area contributed by atoms with Crippen molar-refractivity contribution in [2.75, 3.05) is 19.1 Å². The van der Waals surface area contributed by atoms with Crippen molar-refractivity contribution >= 4 is 11.5 Å². The van der Waals surface area contributed by atoms with Gasteiger partial charge in [-0.15, -0.1) is 0 Å². The van der Waals surface area contributed by atoms with Gasteiger partial charge in [-0.3, -0.25) is 9.69 Å². The average molecular weight is 417 g/mol. The molecule has 1 aliphatic carbocycles. The predicted molar refractivity (Wildman–Crippen MR) is 116 cm³/mol. The van der Waals surface area contributed by atoms with E-state index in [1.54, 1.807) is 24.1 Å². The van der Waals surface area contributed by atoms with Crippen molar-refractivity contribution in [3.05, 3.63) is 70.7 Å². The highest BCUT2D eigenvalue weighted by Gasteiger charge is 2.40. The summed E-state index contributed by atoms with van der Waals surface area (Å²) in [6.07, 6.45) is 1.79. The van der Waals surface area contributed by atoms with Gasteiger partial charge in [-0.2, -0.15) is 5.26 Å². The number of nitrogens with zero attached hydrogens (tertiary/aromatic N) is 2. The number of hydrogen-bond acceptors (Lipinski definition) is 7. The third kappa shape index (κ3) is 3.36. The first kappa shape index (κ1) is 20.4. The number of ketones is 1. The molecule has 0 spiro atoms. The second-order valence-corrected chi connectivity index (χ2v) is 7.45. The van der Waals surface area contributed by atoms with E-state index in [0.717, 1.165) is 11.4 Å². The number of carbonyl (C=O) groups excluding carboxylic acids is 1. The zero-order valence-electron chi connectivity index (χ0n) is 17.4. The van der Waals surface area contributed by atoms with Gasteiger partial charge in [0, 0.05) is 23.4 Å². The number of methoxy groups -OCH3 is 2. The number of rotatable bonds is 4. The van der Waals surface area contributed by atoms with Crippen LogP contribution in [0.3, 0.4) is 0 Å². The molecule has 4 rings (SSSR count). The van der Waals surface area contributed by atoms with Crippen LogP contribution in [0.2, 0.25) is 0 Å². The van der Waals surface area contributed by atoms with Gasteiger partial charge in [0.15, 0.2) is 17.3 Å². The van der Waals surface area contributed by atoms with Crippen LogP contribution in [-0.4, -0.2) is 25.1 Å². The molecule has 0 radical (unpaired) electrons. The van der Waals surface area contributed by atoms with Crippen LogP contribution < -0.4 is 20.1 Å². The van der Waals surface area contributed by atoms with Crippen LogP contribution in [0.5, 0.6) is 17.2 Å². The number of benzene rings is 2. The highest BCUT2D eigenvalue weighted by Crippen LogP contribution is 2.47. The molecule has 1 heterocycles. The van der Waals surface area contributed by atoms with Gasteiger partial charge in [0.25, 0.3) is 0 Å². The average Bonchev–Trinajstić information content (AvgIpc) is 2.79. The van der Waals surface area contributed by atoms with Gasteiger partial charge in [-0.05, 0) is 54.8 Å². The molecule has 0 saturated heterocycles. The Labute approximate surface area is 180 Å². The molecule has 0 amide bonds. The quantitative estimate of drug-likeness (QED) is 0.780. The predicted octanol–water partition coefficient (Wildman–Crippen LogP) is 3.71. The maximum absolute atomic E-state index is 13.1. The van der Waals surface area contributed by atoms with Gasteiger partial charge < -0.3 is 20.3 Å². The minimum absolute atomic E-state index is 0.00273. The lowest BCUT2D eigenvalue weighted by atomic mass is 9.75. The van der Waals surface area contributed by atoms with Crippen molar-refractivity contribution in [2.45, 2.75) is 25.2 Å². The minimum atomic E-state index is -0.614. The number of aromatic hydroxyl groups is 1. The molecule has 0 bridgehead atoms. The van der Waals surface area contributed by atoms with Crippen LogP contribution in [0.1, 0.15) is 30.7 Å². The van der Waals surface area contributed by atoms with E-state index in [2.05, 4.69) is 6.07 Å². The van der Waals surface area contributed by atoms with Gasteiger partial charge in [-0.25, -0.2) is 0 Å². The number of hydrogen-bond donors (Lipinski definition) is 2. The molecule has 7 heteroatoms. The zero-order valence-corrected chi connectivity index (χ0v) is 17.4. The summed E-state index contributed by atoms with van der Waals surface area (Å²) in [7, 11) is 3.05. The standard InChI is InChI=1S/C24H23N3O4/c1-30-16-9-7-15(8-10-16)27-18-4-3-5-20(29)23(18)22(17(13-25)24(27)26)14-6-11-19(28)21(12-14)31-2/h6-12,22,28H,3-5,26H2,1-2H3/t22-/m1/s1. The first-order valence-corrected chi connectivity index (χ1v) is 9.97. The highest BCUT2D eigenvalue weighted by molar-refractivity contribution is 6.01. The van der Waals surface area contributed by atoms with E-state index in [0.29, 0.717) is 36.1 Å². The second kappa shape index (κ2) is 8.07. The molecule has 7 nitrogen and oxygen atoms in total. The third-order valence-electron chi connectivity index (χ3n) is 5.78. The maximum Gasteiger partial charge on any atom is 0.161 e. The van der Waals surface area contributed by atoms with Crippen LogP contribution in [0.25, 0.3) is 0 Å². The molecule has 0 unspecified atom stereocenters. The smallest absolute Gasteiger partial charge is 0.161 e. The minimum Gasteiger partial charge on any atom is -0.504 e. The Kier molecular flexibility index (Phi) is 5.30. The van der Waals surface area contributed by atoms with Gasteiger partial charge in [0.2, 0.25) is 0 Å². The number of nitrogens with two attached hydrogens (primary N) is 1. The number of nitriles is 1. The van der Waals surface area contributed by atoms with Gasteiger partial charge in [0.05, 0.1) is 31.8 Å². The number of carbonyl (C=O) groups is 1. The van der Waals surface area contributed by atoms with E-state index in [1.807, 2.05) is 24.3 Å². The fourth-order valence-corrected chi connectivity index (χ4v) is 4.32. The molecule has 1 atom stereocenters. The summed E-state index contributed by atoms with van der Waals surface area (Å²) < 4.78 is 10.5. The lowest BCUT2D eigenvalue weighted by Crippen LogP contribution is -2.38. The maximum atomic E-state index is 13.1. The van der Waals surface area contributed by atoms with E-state index < -0.39 is 5.92 Å². The molecular weight excluding hydrogens is 394 g/mol. The van der Waals surface area contributed by atoms with Crippen molar-refractivity contribution in [2.24, 2.45) is 5.73 Å². The van der Waals surface area contributed by atoms with E-state index in [9.17, 15) is 15.2 Å². The first-order valence-electron chi connectivity index (χ1n) is 9.97. The Morgan fingerprint density at radius 2 is 1.87 bits per heavy atom. The Balaban J connectivity index is 1.93. The third-order valence-corrected chi connectivity index (χ3v) is 5.78. The summed E-state index contributed by atoms with van der Waals surface area (Å²) in [6.45, 7) is 0. The number of phenolic OH excluding ortho intramolecular Hbond substituents is 1. The van der Waals surface area contributed by atoms with Gasteiger partial charge in [0.1, 0.15) is 11.6 Å². The SMILES string of the molecule is COc1ccc(N2C(N)=C(C#N)[C@@H](c3ccc(O)c(OC)c3)C3=C2CCCC3=O)cc1. The molecule has 1 aliphatic heterocycles. The van der Waals surface area contributed by atoms with E-state index in [1.165, 1.54) is 13.2 Å². The molecule has 158 valence electrons. The number of anilines is 1. The Morgan fingerprint density at radius 1 is 1.13 bits per heavy atom. The summed E-state index contributed by atoms with van der Waals surface area (Å²) in [5.74, 6) is 0.636. The molecule has 31 heavy (non-hydrogen) atoms. The number of phenols is 1. The van der Waals surface area contributed by atoms with Crippen molar-refractivity contribution in [1.82, 2.24) is 0 Å². The molecule has 2 aromatic carbocycles. The lowest BCUT2D eigenvalue weighted by Gasteiger charge is -2.39. The van der Waals surface area contributed by atoms with Crippen molar-refractivity contribution in [3.8, 4) is 23.3 Å². The van der Waals surface area contributed by atoms with Crippen molar-refractivity contribution in [3.63, 3.8) is 0 Å². The van der Waals surface area contributed by atoms with Crippen LogP contribution in [0.4, 0.5) is 5.69 Å². The van der Waals surface area contributed by atoms with Crippen LogP contribution in [0.15, 0.2) is 65.1 Å². The second-order valence-electron chi connectivity index (χ2n) is 7.45. The molecule has 0 saturated carbocycles. The Hall–Kier alpha value is -3.92. The largest absolute Gasteiger partial charge is 0.504 e. The molecule has 2 aliphatic rings. The Morgan fingerprint density at radius 3 is 2.52 bits per heavy atom. The fourth-order valence-electron chi connectivity index (χ4n) is 4.32. The molecule has 3 N–H and O–H groups in total. The summed E-state index contributed by atoms with van der Waals surface area (Å²) in [4.78, 5) is 14.9. The van der Waals surface area contributed by atoms with Gasteiger partial charge in [-0.1, -0.05) is 6.07 Å². The number of ether oxygens (including phenoxy) is 2. The summed E-state index contributed by atoms with van der Waals surface area (Å²) >= 11 is 0. The Bertz CT molecular complexity index is 1140. The fraction of sp³-hybridized carbons (Fsp3) is 0.250. The van der Waals surface area contributed by atoms with E-state index in [4.69, 9.17) is 15.2 Å². The highest BCUT2D eigenvalue weighted by atomic mass is 16.5. The molecule has 0 aromatic heterocycles. The zero-order chi connectivity index (χ0) is 22.1. The molecular formula is C24H23N3O4. The summed E-state index contributed by atoms with van der Waals surface area (Å²) in [6, 6.07) is 14.4. The van der Waals surface area contributed by atoms with Crippen LogP contribution in [0, 0.1) is 11.3 Å². The molecule has 0 fully saturated rings. The molecule has 2 aromatic rings. The van der Waals surface area contributed by atoms with E-state index in [-0.39, 0.29) is 28.7 Å². The number of allylic oxidation sites excluding steroid dienone is 3. The monoisotopic (exact) mass is 417 g/mol. The summed E-state index contributed by atoms with van der Waals surface area (Å²) in [5, 5.41) is 20.1. The first-order chi connectivity index (χ1) is 15.0. The van der Waals surface area contributed by atoms with Crippen molar-refractivity contribution in [1.29, 1.82) is 5.26 Å². The normalized spacial score (nSPS) is 18.5. The van der Waals surface area contributed by atoms with Crippen LogP contribution >= 0.6 is 0 Å². The topological polar surface area (TPSA) is 109 Å².